The lowest BCUT2D eigenvalue weighted by Crippen LogP contribution is -2.35. The maximum Gasteiger partial charge on any atom is 0.251 e. The minimum atomic E-state index is -0.150. The van der Waals surface area contributed by atoms with Gasteiger partial charge in [0.25, 0.3) is 5.91 Å². The highest BCUT2D eigenvalue weighted by atomic mass is 16.5. The zero-order valence-corrected chi connectivity index (χ0v) is 14.8. The molecule has 1 N–H and O–H groups in total. The van der Waals surface area contributed by atoms with Crippen molar-refractivity contribution in [2.75, 3.05) is 20.3 Å². The molecule has 8 heteroatoms. The molecule has 0 aliphatic carbocycles. The number of nitrogens with one attached hydrogen (secondary N) is 1. The number of methoxy groups -OCH3 is 1. The Hall–Kier alpha value is -3.42. The molecule has 1 aliphatic heterocycles. The van der Waals surface area contributed by atoms with Gasteiger partial charge in [0, 0.05) is 24.2 Å². The number of carbonyl (C=O) groups is 1. The van der Waals surface area contributed by atoms with Crippen molar-refractivity contribution in [2.45, 2.75) is 6.42 Å². The van der Waals surface area contributed by atoms with Crippen LogP contribution in [0.25, 0.3) is 5.82 Å². The number of hydrogen-bond donors (Lipinski definition) is 1. The third-order valence-electron chi connectivity index (χ3n) is 4.49. The van der Waals surface area contributed by atoms with E-state index in [1.807, 2.05) is 18.2 Å². The van der Waals surface area contributed by atoms with E-state index in [4.69, 9.17) is 9.47 Å². The highest BCUT2D eigenvalue weighted by molar-refractivity contribution is 5.94. The van der Waals surface area contributed by atoms with Crippen LogP contribution in [-0.2, 0) is 6.42 Å². The van der Waals surface area contributed by atoms with E-state index in [0.29, 0.717) is 24.5 Å². The summed E-state index contributed by atoms with van der Waals surface area (Å²) in [6.07, 6.45) is 5.50. The summed E-state index contributed by atoms with van der Waals surface area (Å²) >= 11 is 0. The molecule has 3 aromatic rings. The zero-order valence-electron chi connectivity index (χ0n) is 14.8. The number of hydrogen-bond acceptors (Lipinski definition) is 6. The van der Waals surface area contributed by atoms with Crippen LogP contribution in [0.2, 0.25) is 0 Å². The first-order valence-corrected chi connectivity index (χ1v) is 8.62. The smallest absolute Gasteiger partial charge is 0.251 e. The molecular weight excluding hydrogens is 346 g/mol. The molecule has 1 aliphatic rings. The lowest BCUT2D eigenvalue weighted by atomic mass is 9.96. The van der Waals surface area contributed by atoms with Crippen molar-refractivity contribution < 1.29 is 14.3 Å². The van der Waals surface area contributed by atoms with E-state index in [0.717, 1.165) is 23.5 Å². The van der Waals surface area contributed by atoms with Crippen LogP contribution in [0.5, 0.6) is 11.5 Å². The molecule has 0 fully saturated rings. The van der Waals surface area contributed by atoms with Crippen molar-refractivity contribution in [3.63, 3.8) is 0 Å². The van der Waals surface area contributed by atoms with Gasteiger partial charge in [0.1, 0.15) is 18.5 Å². The molecule has 0 saturated carbocycles. The fourth-order valence-electron chi connectivity index (χ4n) is 3.11. The van der Waals surface area contributed by atoms with Crippen LogP contribution in [0, 0.1) is 5.92 Å². The molecule has 3 heterocycles. The second kappa shape index (κ2) is 7.45. The standard InChI is InChI=1S/C19H19N5O3/c1-26-16-4-2-3-14-7-13(10-27-18(14)16)9-21-19(25)15-5-6-20-17(8-15)24-11-22-23-12-24/h2-6,8,11-13H,7,9-10H2,1H3,(H,21,25)/t13-/m0/s1. The van der Waals surface area contributed by atoms with Gasteiger partial charge >= 0.3 is 0 Å². The van der Waals surface area contributed by atoms with E-state index in [-0.39, 0.29) is 11.8 Å². The molecule has 8 nitrogen and oxygen atoms in total. The number of ether oxygens (including phenoxy) is 2. The van der Waals surface area contributed by atoms with E-state index < -0.39 is 0 Å². The van der Waals surface area contributed by atoms with Crippen molar-refractivity contribution in [1.82, 2.24) is 25.1 Å². The summed E-state index contributed by atoms with van der Waals surface area (Å²) in [7, 11) is 1.63. The highest BCUT2D eigenvalue weighted by Gasteiger charge is 2.23. The molecule has 0 bridgehead atoms. The molecule has 0 spiro atoms. The fraction of sp³-hybridized carbons (Fsp3) is 0.263. The number of pyridine rings is 1. The van der Waals surface area contributed by atoms with Crippen LogP contribution in [0.15, 0.2) is 49.2 Å². The lowest BCUT2D eigenvalue weighted by molar-refractivity contribution is 0.0938. The topological polar surface area (TPSA) is 91.2 Å². The number of rotatable bonds is 5. The summed E-state index contributed by atoms with van der Waals surface area (Å²) in [6, 6.07) is 9.25. The maximum absolute atomic E-state index is 12.5. The van der Waals surface area contributed by atoms with Crippen molar-refractivity contribution in [2.24, 2.45) is 5.92 Å². The zero-order chi connectivity index (χ0) is 18.6. The second-order valence-electron chi connectivity index (χ2n) is 6.31. The summed E-state index contributed by atoms with van der Waals surface area (Å²) in [6.45, 7) is 1.07. The summed E-state index contributed by atoms with van der Waals surface area (Å²) < 4.78 is 12.8. The van der Waals surface area contributed by atoms with Crippen LogP contribution in [0.3, 0.4) is 0 Å². The Labute approximate surface area is 156 Å². The van der Waals surface area contributed by atoms with Gasteiger partial charge in [-0.1, -0.05) is 12.1 Å². The van der Waals surface area contributed by atoms with E-state index in [9.17, 15) is 4.79 Å². The van der Waals surface area contributed by atoms with Crippen molar-refractivity contribution in [3.05, 3.63) is 60.3 Å². The average molecular weight is 365 g/mol. The number of aromatic nitrogens is 4. The number of carbonyl (C=O) groups excluding carboxylic acids is 1. The number of para-hydroxylation sites is 1. The van der Waals surface area contributed by atoms with Crippen LogP contribution in [0.1, 0.15) is 15.9 Å². The van der Waals surface area contributed by atoms with E-state index >= 15 is 0 Å². The largest absolute Gasteiger partial charge is 0.493 e. The highest BCUT2D eigenvalue weighted by Crippen LogP contribution is 2.35. The first kappa shape index (κ1) is 17.0. The molecule has 4 rings (SSSR count). The third-order valence-corrected chi connectivity index (χ3v) is 4.49. The normalized spacial score (nSPS) is 15.5. The molecule has 27 heavy (non-hydrogen) atoms. The van der Waals surface area contributed by atoms with Gasteiger partial charge in [0.05, 0.1) is 13.7 Å². The van der Waals surface area contributed by atoms with Crippen LogP contribution in [-0.4, -0.2) is 45.9 Å². The third kappa shape index (κ3) is 3.59. The Bertz CT molecular complexity index is 942. The minimum Gasteiger partial charge on any atom is -0.493 e. The molecule has 1 aromatic carbocycles. The molecule has 1 amide bonds. The SMILES string of the molecule is COc1cccc2c1OC[C@H](CNC(=O)c1ccnc(-n3cnnc3)c1)C2. The van der Waals surface area contributed by atoms with Crippen molar-refractivity contribution >= 4 is 5.91 Å². The van der Waals surface area contributed by atoms with E-state index in [1.165, 1.54) is 12.7 Å². The molecule has 0 radical (unpaired) electrons. The van der Waals surface area contributed by atoms with Gasteiger partial charge in [0.2, 0.25) is 0 Å². The Morgan fingerprint density at radius 3 is 3.00 bits per heavy atom. The lowest BCUT2D eigenvalue weighted by Gasteiger charge is -2.26. The minimum absolute atomic E-state index is 0.150. The molecule has 2 aromatic heterocycles. The van der Waals surface area contributed by atoms with Gasteiger partial charge in [0.15, 0.2) is 11.5 Å². The van der Waals surface area contributed by atoms with Gasteiger partial charge in [-0.15, -0.1) is 10.2 Å². The van der Waals surface area contributed by atoms with Gasteiger partial charge in [-0.2, -0.15) is 0 Å². The second-order valence-corrected chi connectivity index (χ2v) is 6.31. The summed E-state index contributed by atoms with van der Waals surface area (Å²) in [5, 5.41) is 10.5. The predicted octanol–water partition coefficient (Wildman–Crippen LogP) is 1.65. The van der Waals surface area contributed by atoms with Gasteiger partial charge in [-0.05, 0) is 30.2 Å². The predicted molar refractivity (Wildman–Crippen MR) is 97.2 cm³/mol. The average Bonchev–Trinajstić information content (AvgIpc) is 3.26. The number of amides is 1. The van der Waals surface area contributed by atoms with Crippen LogP contribution in [0.4, 0.5) is 0 Å². The number of benzene rings is 1. The maximum atomic E-state index is 12.5. The fourth-order valence-corrected chi connectivity index (χ4v) is 3.11. The van der Waals surface area contributed by atoms with Crippen LogP contribution >= 0.6 is 0 Å². The number of fused-ring (bicyclic) bond motifs is 1. The van der Waals surface area contributed by atoms with Gasteiger partial charge in [-0.25, -0.2) is 4.98 Å². The van der Waals surface area contributed by atoms with E-state index in [2.05, 4.69) is 20.5 Å². The number of nitrogens with zero attached hydrogens (tertiary/aromatic N) is 4. The Balaban J connectivity index is 1.39. The van der Waals surface area contributed by atoms with Crippen LogP contribution < -0.4 is 14.8 Å². The summed E-state index contributed by atoms with van der Waals surface area (Å²) in [5.41, 5.74) is 1.63. The Morgan fingerprint density at radius 2 is 2.19 bits per heavy atom. The first-order valence-electron chi connectivity index (χ1n) is 8.62. The molecular formula is C19H19N5O3. The molecule has 0 unspecified atom stereocenters. The molecule has 1 atom stereocenters. The monoisotopic (exact) mass is 365 g/mol. The summed E-state index contributed by atoms with van der Waals surface area (Å²) in [4.78, 5) is 16.7. The van der Waals surface area contributed by atoms with Crippen molar-refractivity contribution in [1.29, 1.82) is 0 Å². The van der Waals surface area contributed by atoms with Crippen molar-refractivity contribution in [3.8, 4) is 17.3 Å². The Morgan fingerprint density at radius 1 is 1.33 bits per heavy atom. The Kier molecular flexibility index (Phi) is 4.69. The van der Waals surface area contributed by atoms with Gasteiger partial charge in [-0.3, -0.25) is 9.36 Å². The van der Waals surface area contributed by atoms with Gasteiger partial charge < -0.3 is 14.8 Å². The van der Waals surface area contributed by atoms with E-state index in [1.54, 1.807) is 30.0 Å². The summed E-state index contributed by atoms with van der Waals surface area (Å²) in [5.74, 6) is 2.19. The first-order chi connectivity index (χ1) is 13.2. The molecule has 0 saturated heterocycles. The molecule has 138 valence electrons. The quantitative estimate of drug-likeness (QED) is 0.739.